The van der Waals surface area contributed by atoms with E-state index in [1.807, 2.05) is 73.8 Å². The van der Waals surface area contributed by atoms with Crippen molar-refractivity contribution in [3.8, 4) is 0 Å². The molecule has 1 aliphatic rings. The van der Waals surface area contributed by atoms with Crippen molar-refractivity contribution >= 4 is 17.2 Å². The number of rotatable bonds is 4. The highest BCUT2D eigenvalue weighted by Crippen LogP contribution is 2.29. The molecule has 0 atom stereocenters. The SMILES string of the molecule is CCOC(=O)C1=CN(c2ccccc2)CC=C1c1ccccc1. The van der Waals surface area contributed by atoms with Gasteiger partial charge in [0.25, 0.3) is 0 Å². The highest BCUT2D eigenvalue weighted by molar-refractivity contribution is 6.07. The van der Waals surface area contributed by atoms with Gasteiger partial charge in [-0.3, -0.25) is 0 Å². The summed E-state index contributed by atoms with van der Waals surface area (Å²) >= 11 is 0. The number of esters is 1. The third kappa shape index (κ3) is 3.34. The van der Waals surface area contributed by atoms with Crippen LogP contribution in [-0.2, 0) is 9.53 Å². The largest absolute Gasteiger partial charge is 0.462 e. The quantitative estimate of drug-likeness (QED) is 0.799. The molecule has 0 radical (unpaired) electrons. The van der Waals surface area contributed by atoms with E-state index in [9.17, 15) is 4.79 Å². The summed E-state index contributed by atoms with van der Waals surface area (Å²) in [6.45, 7) is 2.91. The highest BCUT2D eigenvalue weighted by Gasteiger charge is 2.22. The summed E-state index contributed by atoms with van der Waals surface area (Å²) in [5, 5.41) is 0. The molecule has 2 aromatic rings. The van der Waals surface area contributed by atoms with Crippen molar-refractivity contribution in [3.63, 3.8) is 0 Å². The molecule has 0 amide bonds. The van der Waals surface area contributed by atoms with Gasteiger partial charge in [0.2, 0.25) is 0 Å². The number of anilines is 1. The maximum atomic E-state index is 12.4. The van der Waals surface area contributed by atoms with E-state index in [4.69, 9.17) is 4.74 Å². The minimum atomic E-state index is -0.289. The molecule has 116 valence electrons. The van der Waals surface area contributed by atoms with Gasteiger partial charge in [-0.1, -0.05) is 54.6 Å². The van der Waals surface area contributed by atoms with Crippen LogP contribution in [0.5, 0.6) is 0 Å². The average molecular weight is 305 g/mol. The van der Waals surface area contributed by atoms with Crippen molar-refractivity contribution in [2.75, 3.05) is 18.1 Å². The van der Waals surface area contributed by atoms with Gasteiger partial charge >= 0.3 is 5.97 Å². The summed E-state index contributed by atoms with van der Waals surface area (Å²) in [7, 11) is 0. The fourth-order valence-corrected chi connectivity index (χ4v) is 2.64. The Hall–Kier alpha value is -2.81. The number of hydrogen-bond donors (Lipinski definition) is 0. The lowest BCUT2D eigenvalue weighted by Crippen LogP contribution is -2.24. The standard InChI is InChI=1S/C20H19NO2/c1-2-23-20(22)19-15-21(17-11-7-4-8-12-17)14-13-18(19)16-9-5-3-6-10-16/h3-13,15H,2,14H2,1H3. The van der Waals surface area contributed by atoms with Crippen molar-refractivity contribution in [3.05, 3.63) is 84.1 Å². The first kappa shape index (κ1) is 15.1. The predicted molar refractivity (Wildman–Crippen MR) is 92.9 cm³/mol. The molecule has 2 aromatic carbocycles. The van der Waals surface area contributed by atoms with Crippen molar-refractivity contribution in [1.29, 1.82) is 0 Å². The maximum absolute atomic E-state index is 12.4. The van der Waals surface area contributed by atoms with Gasteiger partial charge in [0.15, 0.2) is 0 Å². The van der Waals surface area contributed by atoms with E-state index in [0.717, 1.165) is 23.4 Å². The second kappa shape index (κ2) is 6.97. The van der Waals surface area contributed by atoms with E-state index in [1.54, 1.807) is 0 Å². The second-order valence-corrected chi connectivity index (χ2v) is 5.23. The Kier molecular flexibility index (Phi) is 4.57. The van der Waals surface area contributed by atoms with E-state index in [-0.39, 0.29) is 5.97 Å². The molecular formula is C20H19NO2. The maximum Gasteiger partial charge on any atom is 0.340 e. The Morgan fingerprint density at radius 2 is 1.70 bits per heavy atom. The van der Waals surface area contributed by atoms with Crippen LogP contribution in [0.2, 0.25) is 0 Å². The molecule has 0 spiro atoms. The minimum absolute atomic E-state index is 0.289. The van der Waals surface area contributed by atoms with Crippen LogP contribution in [-0.4, -0.2) is 19.1 Å². The molecule has 0 saturated heterocycles. The van der Waals surface area contributed by atoms with Gasteiger partial charge in [0.05, 0.1) is 12.2 Å². The van der Waals surface area contributed by atoms with Crippen molar-refractivity contribution < 1.29 is 9.53 Å². The summed E-state index contributed by atoms with van der Waals surface area (Å²) < 4.78 is 5.24. The van der Waals surface area contributed by atoms with Crippen molar-refractivity contribution in [2.45, 2.75) is 6.92 Å². The first-order chi connectivity index (χ1) is 11.3. The van der Waals surface area contributed by atoms with Crippen LogP contribution in [0.1, 0.15) is 12.5 Å². The topological polar surface area (TPSA) is 29.5 Å². The van der Waals surface area contributed by atoms with Crippen LogP contribution in [0.3, 0.4) is 0 Å². The molecule has 3 heteroatoms. The fourth-order valence-electron chi connectivity index (χ4n) is 2.64. The molecule has 1 heterocycles. The monoisotopic (exact) mass is 305 g/mol. The number of nitrogens with zero attached hydrogens (tertiary/aromatic N) is 1. The van der Waals surface area contributed by atoms with E-state index in [2.05, 4.69) is 11.0 Å². The van der Waals surface area contributed by atoms with Crippen molar-refractivity contribution in [2.24, 2.45) is 0 Å². The summed E-state index contributed by atoms with van der Waals surface area (Å²) in [5.41, 5.74) is 3.60. The first-order valence-electron chi connectivity index (χ1n) is 7.76. The van der Waals surface area contributed by atoms with Crippen LogP contribution < -0.4 is 4.90 Å². The lowest BCUT2D eigenvalue weighted by Gasteiger charge is -2.26. The zero-order chi connectivity index (χ0) is 16.1. The van der Waals surface area contributed by atoms with Crippen molar-refractivity contribution in [1.82, 2.24) is 0 Å². The normalized spacial score (nSPS) is 14.0. The van der Waals surface area contributed by atoms with Gasteiger partial charge < -0.3 is 9.64 Å². The Morgan fingerprint density at radius 1 is 1.04 bits per heavy atom. The van der Waals surface area contributed by atoms with E-state index < -0.39 is 0 Å². The predicted octanol–water partition coefficient (Wildman–Crippen LogP) is 4.04. The number of para-hydroxylation sites is 1. The molecule has 3 nitrogen and oxygen atoms in total. The second-order valence-electron chi connectivity index (χ2n) is 5.23. The summed E-state index contributed by atoms with van der Waals surface area (Å²) in [4.78, 5) is 14.5. The average Bonchev–Trinajstić information content (AvgIpc) is 2.63. The number of ether oxygens (including phenoxy) is 1. The summed E-state index contributed by atoms with van der Waals surface area (Å²) in [6, 6.07) is 20.0. The fraction of sp³-hybridized carbons (Fsp3) is 0.150. The number of hydrogen-bond acceptors (Lipinski definition) is 3. The molecule has 3 rings (SSSR count). The number of benzene rings is 2. The van der Waals surface area contributed by atoms with Gasteiger partial charge in [0.1, 0.15) is 0 Å². The van der Waals surface area contributed by atoms with E-state index >= 15 is 0 Å². The van der Waals surface area contributed by atoms with E-state index in [0.29, 0.717) is 12.2 Å². The molecule has 0 saturated carbocycles. The Bertz CT molecular complexity index is 733. The van der Waals surface area contributed by atoms with Gasteiger partial charge in [-0.25, -0.2) is 4.79 Å². The smallest absolute Gasteiger partial charge is 0.340 e. The molecule has 0 unspecified atom stereocenters. The lowest BCUT2D eigenvalue weighted by molar-refractivity contribution is -0.138. The van der Waals surface area contributed by atoms with Gasteiger partial charge in [-0.15, -0.1) is 0 Å². The molecule has 0 aromatic heterocycles. The number of carbonyl (C=O) groups is 1. The van der Waals surface area contributed by atoms with Gasteiger partial charge in [-0.05, 0) is 30.2 Å². The Morgan fingerprint density at radius 3 is 2.35 bits per heavy atom. The summed E-state index contributed by atoms with van der Waals surface area (Å²) in [6.07, 6.45) is 3.96. The van der Waals surface area contributed by atoms with Crippen LogP contribution in [0.25, 0.3) is 5.57 Å². The molecule has 0 N–H and O–H groups in total. The van der Waals surface area contributed by atoms with Crippen LogP contribution in [0.15, 0.2) is 78.5 Å². The molecule has 1 aliphatic heterocycles. The van der Waals surface area contributed by atoms with E-state index in [1.165, 1.54) is 0 Å². The van der Waals surface area contributed by atoms with Gasteiger partial charge in [-0.2, -0.15) is 0 Å². The number of carbonyl (C=O) groups excluding carboxylic acids is 1. The first-order valence-corrected chi connectivity index (χ1v) is 7.76. The summed E-state index contributed by atoms with van der Waals surface area (Å²) in [5.74, 6) is -0.289. The Balaban J connectivity index is 1.97. The molecule has 0 bridgehead atoms. The molecule has 0 fully saturated rings. The van der Waals surface area contributed by atoms with Gasteiger partial charge in [0, 0.05) is 18.4 Å². The van der Waals surface area contributed by atoms with Crippen LogP contribution >= 0.6 is 0 Å². The highest BCUT2D eigenvalue weighted by atomic mass is 16.5. The molecule has 23 heavy (non-hydrogen) atoms. The Labute approximate surface area is 136 Å². The minimum Gasteiger partial charge on any atom is -0.462 e. The third-order valence-electron chi connectivity index (χ3n) is 3.74. The molecule has 0 aliphatic carbocycles. The van der Waals surface area contributed by atoms with Crippen LogP contribution in [0.4, 0.5) is 5.69 Å². The zero-order valence-electron chi connectivity index (χ0n) is 13.1. The molecular weight excluding hydrogens is 286 g/mol. The third-order valence-corrected chi connectivity index (χ3v) is 3.74. The zero-order valence-corrected chi connectivity index (χ0v) is 13.1. The lowest BCUT2D eigenvalue weighted by atomic mass is 9.95. The van der Waals surface area contributed by atoms with Crippen LogP contribution in [0, 0.1) is 0 Å².